The molecule has 0 aliphatic heterocycles. The Hall–Kier alpha value is -12.8. The molecular weight excluding hydrogens is 1360 g/mol. The lowest BCUT2D eigenvalue weighted by Gasteiger charge is -2.39. The molecule has 0 aliphatic carbocycles. The van der Waals surface area contributed by atoms with Gasteiger partial charge in [0.05, 0.1) is 78.2 Å². The summed E-state index contributed by atoms with van der Waals surface area (Å²) >= 11 is 0. The van der Waals surface area contributed by atoms with Crippen LogP contribution in [-0.2, 0) is 5.41 Å². The van der Waals surface area contributed by atoms with Crippen molar-refractivity contribution in [1.82, 2.24) is 14.1 Å². The summed E-state index contributed by atoms with van der Waals surface area (Å²) in [4.78, 5) is 4.84. The van der Waals surface area contributed by atoms with Crippen molar-refractivity contribution in [2.45, 2.75) is 26.2 Å². The van der Waals surface area contributed by atoms with Crippen molar-refractivity contribution >= 4 is 119 Å². The standard InChI is InChI=1S/C100H79N4OSi3/c1-100(2,3)76-66-67-101-98(70-76)104-92-59-32-31-58-90(92)91-64-63-79(72-94(91)104)105-78-38-34-37-77(71-78)102-73-103(93-65-62-75(69-95(93)102)74-36-33-57-89(68-74)106(80-39-13-4-14-40-80,81-41-15-5-16-42-81)82-43-17-6-18-44-82)99-96(107(83-45-19-7-20-46-83,84-47-21-8-22-48-84)85-49-23-9-24-50-85)60-35-61-97(99)108(86-51-25-10-26-52-86,87-53-27-11-28-54-87)88-55-29-12-30-56-88/h4-73H,1-3H3/q+1/i4D,5D,6D,7D,8D,9D,10D,11D,12D,13D,14D,15D,16D,17D,18D,19D,20D,21D,22D,23D,24D,25D,26D,27D,28D,29D,30D,33D,36D,39D,40D,41D,42D,43D,44D,45D,46D,47D,48D,49D,50D,51D,52D,53D,54D,55D,56D,57D,68D. The second kappa shape index (κ2) is 28.2. The number of aromatic nitrogens is 4. The van der Waals surface area contributed by atoms with Gasteiger partial charge in [-0.1, -0.05) is 359 Å². The smallest absolute Gasteiger partial charge is 0.255 e. The number of pyridine rings is 1. The minimum Gasteiger partial charge on any atom is -0.457 e. The van der Waals surface area contributed by atoms with Gasteiger partial charge in [0.25, 0.3) is 6.33 Å². The van der Waals surface area contributed by atoms with Crippen LogP contribution in [0.1, 0.15) is 93.5 Å². The Balaban J connectivity index is 1.14. The Kier molecular flexibility index (Phi) is 8.49. The first-order valence-electron chi connectivity index (χ1n) is 57.8. The minimum atomic E-state index is -7.16. The van der Waals surface area contributed by atoms with E-state index in [1.165, 1.54) is 24.3 Å². The minimum absolute atomic E-state index is 0.0821. The maximum absolute atomic E-state index is 11.2. The van der Waals surface area contributed by atoms with Crippen LogP contribution < -0.4 is 71.5 Å². The monoisotopic (exact) mass is 1480 g/mol. The number of hydrogen-bond acceptors (Lipinski definition) is 2. The van der Waals surface area contributed by atoms with Crippen molar-refractivity contribution in [1.29, 1.82) is 0 Å². The topological polar surface area (TPSA) is 35.9 Å². The van der Waals surface area contributed by atoms with Gasteiger partial charge >= 0.3 is 0 Å². The van der Waals surface area contributed by atoms with E-state index in [1.807, 2.05) is 61.7 Å². The van der Waals surface area contributed by atoms with Crippen LogP contribution in [0.25, 0.3) is 61.2 Å². The highest BCUT2D eigenvalue weighted by molar-refractivity contribution is 7.23. The number of hydrogen-bond donors (Lipinski definition) is 0. The molecule has 0 bridgehead atoms. The molecule has 3 aromatic heterocycles. The van der Waals surface area contributed by atoms with E-state index < -0.39 is 416 Å². The van der Waals surface area contributed by atoms with Gasteiger partial charge in [-0.15, -0.1) is 0 Å². The number of nitrogens with zero attached hydrogens (tertiary/aromatic N) is 4. The molecule has 0 saturated heterocycles. The summed E-state index contributed by atoms with van der Waals surface area (Å²) < 4.78 is 497. The third-order valence-electron chi connectivity index (χ3n) is 18.8. The van der Waals surface area contributed by atoms with Gasteiger partial charge in [-0.25, -0.2) is 4.98 Å². The summed E-state index contributed by atoms with van der Waals surface area (Å²) in [6.07, 6.45) is 2.65. The molecule has 8 heteroatoms. The average Bonchev–Trinajstić information content (AvgIpc) is 1.28. The fourth-order valence-electron chi connectivity index (χ4n) is 14.1. The average molecular weight is 1490 g/mol. The molecule has 15 aromatic carbocycles. The molecule has 0 N–H and O–H groups in total. The van der Waals surface area contributed by atoms with E-state index in [2.05, 4.69) is 0 Å². The molecule has 5 nitrogen and oxygen atoms in total. The van der Waals surface area contributed by atoms with Crippen LogP contribution in [0.2, 0.25) is 0 Å². The highest BCUT2D eigenvalue weighted by Crippen LogP contribution is 2.37. The molecule has 0 saturated carbocycles. The molecule has 0 aliphatic rings. The summed E-state index contributed by atoms with van der Waals surface area (Å²) in [6, 6.07) is -39.7. The van der Waals surface area contributed by atoms with E-state index in [0.717, 1.165) is 62.8 Å². The molecule has 108 heavy (non-hydrogen) atoms. The summed E-state index contributed by atoms with van der Waals surface area (Å²) in [7, 11) is -21.1. The van der Waals surface area contributed by atoms with Gasteiger partial charge in [0.1, 0.15) is 28.7 Å². The molecule has 3 heterocycles. The predicted octanol–water partition coefficient (Wildman–Crippen LogP) is 15.3. The molecule has 18 aromatic rings. The van der Waals surface area contributed by atoms with E-state index in [0.29, 0.717) is 22.2 Å². The maximum atomic E-state index is 11.2. The third-order valence-corrected chi connectivity index (χ3v) is 31.2. The summed E-state index contributed by atoms with van der Waals surface area (Å²) in [5.74, 6) is 0.408. The van der Waals surface area contributed by atoms with Crippen molar-refractivity contribution < 1.29 is 76.5 Å². The number of ether oxygens (including phenoxy) is 1. The zero-order chi connectivity index (χ0) is 115. The Morgan fingerprint density at radius 1 is 0.352 bits per heavy atom. The fraction of sp³-hybridized carbons (Fsp3) is 0.0400. The number of benzene rings is 15. The Morgan fingerprint density at radius 2 is 0.787 bits per heavy atom. The predicted molar refractivity (Wildman–Crippen MR) is 458 cm³/mol. The first-order chi connectivity index (χ1) is 73.5. The zero-order valence-corrected chi connectivity index (χ0v) is 59.8. The van der Waals surface area contributed by atoms with Crippen LogP contribution in [-0.4, -0.2) is 38.3 Å². The summed E-state index contributed by atoms with van der Waals surface area (Å²) in [5.41, 5.74) is -2.50. The van der Waals surface area contributed by atoms with Gasteiger partial charge in [-0.2, -0.15) is 9.13 Å². The molecule has 0 radical (unpaired) electrons. The Morgan fingerprint density at radius 3 is 1.27 bits per heavy atom. The zero-order valence-electron chi connectivity index (χ0n) is 106. The number of para-hydroxylation sites is 2. The van der Waals surface area contributed by atoms with Crippen LogP contribution >= 0.6 is 0 Å². The van der Waals surface area contributed by atoms with Gasteiger partial charge < -0.3 is 4.74 Å². The van der Waals surface area contributed by atoms with Gasteiger partial charge in [0, 0.05) is 39.5 Å². The SMILES string of the molecule is [2H]c1c([2H])c([2H])c([Si](c2cccc([Si](c3c([2H])c([2H])c([2H])c([2H])c3[2H])(c3c([2H])c([2H])c([2H])c([2H])c3[2H])c3c([2H])c([2H])c([2H])c([2H])c3[2H])c2-[n+]2cn(-c3cccc(Oc4ccc5c6ccccc6n(-c6cc(C(C)(C)C)ccn6)c5c4)c3)c3cc(-c4c([2H])c([2H])c([2H])c([Si](c5c([2H])c([2H])c([2H])c([2H])c5[2H])(c5c([2H])c([2H])c([2H])c([2H])c5[2H])c5c([2H])c([2H])c([2H])c([2H])c5[2H])c4[2H])ccc32)(c2c([2H])c([2H])c([2H])c([2H])c2[2H])c2c([2H])c([2H])c([2H])c([2H])c2[2H])c([2H])c1[2H]. The Bertz CT molecular complexity index is 8440. The van der Waals surface area contributed by atoms with Crippen LogP contribution in [0, 0.1) is 0 Å². The number of imidazole rings is 1. The second-order valence-corrected chi connectivity index (χ2v) is 36.1. The normalized spacial score (nSPS) is 18.4. The molecule has 0 amide bonds. The second-order valence-electron chi connectivity index (χ2n) is 25.5. The van der Waals surface area contributed by atoms with Crippen LogP contribution in [0.5, 0.6) is 11.5 Å². The summed E-state index contributed by atoms with van der Waals surface area (Å²) in [6.45, 7) is 6.04. The highest BCUT2D eigenvalue weighted by Gasteiger charge is 2.51. The molecule has 18 rings (SSSR count). The molecule has 0 fully saturated rings. The van der Waals surface area contributed by atoms with Crippen LogP contribution in [0.4, 0.5) is 0 Å². The molecule has 0 unspecified atom stereocenters. The largest absolute Gasteiger partial charge is 0.457 e. The highest BCUT2D eigenvalue weighted by atomic mass is 28.3. The lowest BCUT2D eigenvalue weighted by atomic mass is 9.88. The van der Waals surface area contributed by atoms with Gasteiger partial charge in [-0.3, -0.25) is 4.57 Å². The lowest BCUT2D eigenvalue weighted by Crippen LogP contribution is -2.80. The number of fused-ring (bicyclic) bond motifs is 4. The van der Waals surface area contributed by atoms with Crippen molar-refractivity contribution in [2.24, 2.45) is 0 Å². The lowest BCUT2D eigenvalue weighted by molar-refractivity contribution is -0.565. The quantitative estimate of drug-likeness (QED) is 0.0488. The van der Waals surface area contributed by atoms with E-state index in [1.54, 1.807) is 24.4 Å². The summed E-state index contributed by atoms with van der Waals surface area (Å²) in [5, 5.41) is -13.7. The molecule has 0 atom stereocenters. The van der Waals surface area contributed by atoms with Gasteiger partial charge in [-0.05, 0) is 135 Å². The van der Waals surface area contributed by atoms with E-state index in [9.17, 15) is 63.1 Å². The van der Waals surface area contributed by atoms with E-state index >= 15 is 0 Å². The van der Waals surface area contributed by atoms with Crippen molar-refractivity contribution in [2.75, 3.05) is 0 Å². The molecule has 0 spiro atoms. The molecule has 516 valence electrons. The van der Waals surface area contributed by atoms with Crippen LogP contribution in [0.15, 0.2) is 424 Å². The van der Waals surface area contributed by atoms with Crippen molar-refractivity contribution in [3.05, 3.63) is 429 Å². The number of rotatable bonds is 18. The van der Waals surface area contributed by atoms with Gasteiger partial charge in [0.15, 0.2) is 35.3 Å². The van der Waals surface area contributed by atoms with E-state index in [4.69, 9.17) is 13.8 Å². The third kappa shape index (κ3) is 11.5. The van der Waals surface area contributed by atoms with Gasteiger partial charge in [0.2, 0.25) is 0 Å². The molecular formula is C100H79N4OSi3+. The fourth-order valence-corrected chi connectivity index (χ4v) is 25.8. The van der Waals surface area contributed by atoms with Crippen LogP contribution in [0.3, 0.4) is 0 Å². The van der Waals surface area contributed by atoms with Crippen molar-refractivity contribution in [3.8, 4) is 39.8 Å². The van der Waals surface area contributed by atoms with Crippen molar-refractivity contribution in [3.63, 3.8) is 0 Å². The maximum Gasteiger partial charge on any atom is 0.255 e. The first kappa shape index (κ1) is 32.5. The first-order valence-corrected chi connectivity index (χ1v) is 39.3. The Labute approximate surface area is 703 Å². The van der Waals surface area contributed by atoms with E-state index in [-0.39, 0.29) is 17.2 Å².